The molecule has 2 N–H and O–H groups in total. The Hall–Kier alpha value is -2.27. The van der Waals surface area contributed by atoms with Crippen LogP contribution < -0.4 is 10.2 Å². The van der Waals surface area contributed by atoms with Gasteiger partial charge in [0.15, 0.2) is 5.11 Å². The highest BCUT2D eigenvalue weighted by Gasteiger charge is 2.58. The first-order valence-electron chi connectivity index (χ1n) is 8.39. The van der Waals surface area contributed by atoms with Gasteiger partial charge in [0.1, 0.15) is 11.8 Å². The third-order valence-corrected chi connectivity index (χ3v) is 3.95. The Morgan fingerprint density at radius 2 is 2.04 bits per heavy atom. The molecule has 1 saturated carbocycles. The second-order valence-corrected chi connectivity index (χ2v) is 5.97. The van der Waals surface area contributed by atoms with Crippen LogP contribution in [0.4, 0.5) is 19.3 Å². The monoisotopic (exact) mass is 405 g/mol. The van der Waals surface area contributed by atoms with Gasteiger partial charge >= 0.3 is 12.1 Å². The van der Waals surface area contributed by atoms with Crippen LogP contribution in [0.3, 0.4) is 0 Å². The Kier molecular flexibility index (Phi) is 7.08. The first-order valence-corrected chi connectivity index (χ1v) is 8.80. The standard InChI is InChI=1S/C16H21F2N3O5S/c1-3-24-13(22)12-10(5-6-19-12)21(14(27)20-15(23)25-4-2)7-8-26-11-9-16(11,17)18/h5-6,11,19H,3-4,7-9H2,1-2H3,(H,20,23,27). The van der Waals surface area contributed by atoms with Gasteiger partial charge in [-0.05, 0) is 32.1 Å². The zero-order valence-electron chi connectivity index (χ0n) is 14.9. The minimum Gasteiger partial charge on any atom is -0.461 e. The summed E-state index contributed by atoms with van der Waals surface area (Å²) in [5.41, 5.74) is 0.433. The summed E-state index contributed by atoms with van der Waals surface area (Å²) in [5, 5.41) is 2.30. The SMILES string of the molecule is CCOC(=O)NC(=S)N(CCOC1CC1(F)F)c1cc[nH]c1C(=O)OCC. The molecule has 1 aromatic heterocycles. The van der Waals surface area contributed by atoms with Crippen molar-refractivity contribution in [1.29, 1.82) is 0 Å². The number of thiocarbonyl (C=S) groups is 1. The van der Waals surface area contributed by atoms with E-state index in [1.165, 1.54) is 11.1 Å². The second-order valence-electron chi connectivity index (χ2n) is 5.59. The lowest BCUT2D eigenvalue weighted by Crippen LogP contribution is -2.45. The lowest BCUT2D eigenvalue weighted by molar-refractivity contribution is 0.0162. The van der Waals surface area contributed by atoms with Crippen LogP contribution in [0.15, 0.2) is 12.3 Å². The van der Waals surface area contributed by atoms with Crippen molar-refractivity contribution in [3.63, 3.8) is 0 Å². The minimum atomic E-state index is -2.81. The summed E-state index contributed by atoms with van der Waals surface area (Å²) in [6, 6.07) is 1.55. The van der Waals surface area contributed by atoms with Gasteiger partial charge in [0, 0.05) is 19.2 Å². The number of carbonyl (C=O) groups is 2. The van der Waals surface area contributed by atoms with Crippen LogP contribution in [-0.2, 0) is 14.2 Å². The molecular weight excluding hydrogens is 384 g/mol. The number of esters is 1. The maximum absolute atomic E-state index is 13.0. The van der Waals surface area contributed by atoms with Crippen LogP contribution in [0.1, 0.15) is 30.8 Å². The number of alkyl carbamates (subject to hydrolysis) is 1. The Morgan fingerprint density at radius 1 is 1.37 bits per heavy atom. The van der Waals surface area contributed by atoms with E-state index in [1.54, 1.807) is 19.9 Å². The summed E-state index contributed by atoms with van der Waals surface area (Å²) in [7, 11) is 0. The smallest absolute Gasteiger partial charge is 0.413 e. The molecule has 2 rings (SSSR count). The molecule has 1 unspecified atom stereocenters. The van der Waals surface area contributed by atoms with Crippen molar-refractivity contribution in [1.82, 2.24) is 10.3 Å². The molecule has 0 saturated heterocycles. The largest absolute Gasteiger partial charge is 0.461 e. The maximum Gasteiger partial charge on any atom is 0.413 e. The fraction of sp³-hybridized carbons (Fsp3) is 0.562. The number of nitrogens with zero attached hydrogens (tertiary/aromatic N) is 1. The number of ether oxygens (including phenoxy) is 3. The van der Waals surface area contributed by atoms with E-state index in [2.05, 4.69) is 10.3 Å². The number of carbonyl (C=O) groups excluding carboxylic acids is 2. The Morgan fingerprint density at radius 3 is 2.63 bits per heavy atom. The average molecular weight is 405 g/mol. The molecule has 1 heterocycles. The van der Waals surface area contributed by atoms with Gasteiger partial charge in [-0.2, -0.15) is 0 Å². The summed E-state index contributed by atoms with van der Waals surface area (Å²) in [6.07, 6.45) is -0.717. The molecule has 0 aliphatic heterocycles. The number of aromatic amines is 1. The van der Waals surface area contributed by atoms with E-state index in [9.17, 15) is 18.4 Å². The summed E-state index contributed by atoms with van der Waals surface area (Å²) in [6.45, 7) is 3.56. The van der Waals surface area contributed by atoms with Gasteiger partial charge in [-0.1, -0.05) is 0 Å². The number of hydrogen-bond donors (Lipinski definition) is 2. The third-order valence-electron chi connectivity index (χ3n) is 3.63. The van der Waals surface area contributed by atoms with Gasteiger partial charge in [-0.15, -0.1) is 0 Å². The maximum atomic E-state index is 13.0. The number of nitrogens with one attached hydrogen (secondary N) is 2. The highest BCUT2D eigenvalue weighted by atomic mass is 32.1. The Labute approximate surface area is 160 Å². The molecule has 0 aromatic carbocycles. The normalized spacial score (nSPS) is 17.1. The molecule has 1 aliphatic carbocycles. The highest BCUT2D eigenvalue weighted by Crippen LogP contribution is 2.44. The van der Waals surface area contributed by atoms with Gasteiger partial charge in [0.2, 0.25) is 0 Å². The number of amides is 1. The highest BCUT2D eigenvalue weighted by molar-refractivity contribution is 7.80. The molecule has 0 spiro atoms. The molecule has 1 amide bonds. The predicted octanol–water partition coefficient (Wildman–Crippen LogP) is 2.45. The molecular formula is C16H21F2N3O5S. The van der Waals surface area contributed by atoms with Crippen LogP contribution in [-0.4, -0.2) is 60.6 Å². The van der Waals surface area contributed by atoms with Crippen molar-refractivity contribution in [3.8, 4) is 0 Å². The Balaban J connectivity index is 2.11. The van der Waals surface area contributed by atoms with E-state index in [1.807, 2.05) is 0 Å². The lowest BCUT2D eigenvalue weighted by Gasteiger charge is -2.25. The van der Waals surface area contributed by atoms with Crippen LogP contribution in [0.5, 0.6) is 0 Å². The molecule has 27 heavy (non-hydrogen) atoms. The third kappa shape index (κ3) is 5.60. The molecule has 0 radical (unpaired) electrons. The summed E-state index contributed by atoms with van der Waals surface area (Å²) in [5.74, 6) is -3.42. The van der Waals surface area contributed by atoms with Crippen LogP contribution >= 0.6 is 12.2 Å². The van der Waals surface area contributed by atoms with Crippen molar-refractivity contribution < 1.29 is 32.6 Å². The number of rotatable bonds is 8. The van der Waals surface area contributed by atoms with Crippen molar-refractivity contribution in [2.45, 2.75) is 32.3 Å². The molecule has 150 valence electrons. The summed E-state index contributed by atoms with van der Waals surface area (Å²) < 4.78 is 40.8. The molecule has 11 heteroatoms. The molecule has 0 bridgehead atoms. The molecule has 1 fully saturated rings. The van der Waals surface area contributed by atoms with Gasteiger partial charge in [-0.25, -0.2) is 18.4 Å². The van der Waals surface area contributed by atoms with E-state index in [-0.39, 0.29) is 43.6 Å². The predicted molar refractivity (Wildman–Crippen MR) is 96.2 cm³/mol. The summed E-state index contributed by atoms with van der Waals surface area (Å²) in [4.78, 5) is 27.9. The van der Waals surface area contributed by atoms with Crippen molar-refractivity contribution in [3.05, 3.63) is 18.0 Å². The number of alkyl halides is 2. The minimum absolute atomic E-state index is 0.0298. The first kappa shape index (κ1) is 21.0. The quantitative estimate of drug-likeness (QED) is 0.507. The van der Waals surface area contributed by atoms with Gasteiger partial charge in [0.25, 0.3) is 5.92 Å². The van der Waals surface area contributed by atoms with E-state index in [0.29, 0.717) is 5.69 Å². The van der Waals surface area contributed by atoms with Crippen LogP contribution in [0.2, 0.25) is 0 Å². The number of anilines is 1. The lowest BCUT2D eigenvalue weighted by atomic mass is 10.3. The summed E-state index contributed by atoms with van der Waals surface area (Å²) >= 11 is 5.21. The molecule has 1 atom stereocenters. The second kappa shape index (κ2) is 9.09. The fourth-order valence-corrected chi connectivity index (χ4v) is 2.53. The number of hydrogen-bond acceptors (Lipinski definition) is 6. The van der Waals surface area contributed by atoms with E-state index in [4.69, 9.17) is 26.4 Å². The molecule has 8 nitrogen and oxygen atoms in total. The molecule has 1 aliphatic rings. The van der Waals surface area contributed by atoms with E-state index >= 15 is 0 Å². The van der Waals surface area contributed by atoms with Crippen molar-refractivity contribution in [2.75, 3.05) is 31.3 Å². The number of H-pyrrole nitrogens is 1. The topological polar surface area (TPSA) is 92.9 Å². The fourth-order valence-electron chi connectivity index (χ4n) is 2.26. The van der Waals surface area contributed by atoms with Gasteiger partial charge < -0.3 is 24.1 Å². The number of aromatic nitrogens is 1. The number of halogens is 2. The Bertz CT molecular complexity index is 697. The van der Waals surface area contributed by atoms with Crippen molar-refractivity contribution in [2.24, 2.45) is 0 Å². The van der Waals surface area contributed by atoms with E-state index in [0.717, 1.165) is 0 Å². The zero-order chi connectivity index (χ0) is 20.0. The first-order chi connectivity index (χ1) is 12.8. The molecule has 1 aromatic rings. The van der Waals surface area contributed by atoms with Crippen LogP contribution in [0, 0.1) is 0 Å². The van der Waals surface area contributed by atoms with Gasteiger partial charge in [0.05, 0.1) is 25.5 Å². The van der Waals surface area contributed by atoms with E-state index < -0.39 is 24.1 Å². The van der Waals surface area contributed by atoms with Crippen molar-refractivity contribution >= 4 is 35.1 Å². The van der Waals surface area contributed by atoms with Gasteiger partial charge in [-0.3, -0.25) is 5.32 Å². The zero-order valence-corrected chi connectivity index (χ0v) is 15.7. The average Bonchev–Trinajstić information content (AvgIpc) is 2.98. The van der Waals surface area contributed by atoms with Crippen LogP contribution in [0.25, 0.3) is 0 Å².